The first-order valence-electron chi connectivity index (χ1n) is 8.88. The SMILES string of the molecule is COc1ccc(CN2CCc3c(nc(C(C)C)[nH]c3=O)C2)c(C)c1C. The number of ether oxygens (including phenoxy) is 1. The van der Waals surface area contributed by atoms with Gasteiger partial charge in [-0.1, -0.05) is 19.9 Å². The van der Waals surface area contributed by atoms with E-state index in [1.807, 2.05) is 6.07 Å². The van der Waals surface area contributed by atoms with E-state index in [9.17, 15) is 4.79 Å². The van der Waals surface area contributed by atoms with Crippen molar-refractivity contribution in [3.05, 3.63) is 56.3 Å². The second-order valence-corrected chi connectivity index (χ2v) is 7.17. The molecule has 1 aliphatic heterocycles. The summed E-state index contributed by atoms with van der Waals surface area (Å²) in [6.07, 6.45) is 0.754. The van der Waals surface area contributed by atoms with E-state index >= 15 is 0 Å². The maximum Gasteiger partial charge on any atom is 0.254 e. The van der Waals surface area contributed by atoms with E-state index in [-0.39, 0.29) is 11.5 Å². The van der Waals surface area contributed by atoms with Crippen molar-refractivity contribution in [3.63, 3.8) is 0 Å². The molecule has 2 heterocycles. The Kier molecular flexibility index (Phi) is 4.95. The molecule has 1 aromatic heterocycles. The van der Waals surface area contributed by atoms with Crippen molar-refractivity contribution >= 4 is 0 Å². The van der Waals surface area contributed by atoms with Gasteiger partial charge in [0.25, 0.3) is 5.56 Å². The van der Waals surface area contributed by atoms with Gasteiger partial charge in [0, 0.05) is 31.1 Å². The molecule has 1 aliphatic rings. The molecule has 1 aromatic carbocycles. The normalized spacial score (nSPS) is 14.6. The second-order valence-electron chi connectivity index (χ2n) is 7.17. The summed E-state index contributed by atoms with van der Waals surface area (Å²) in [7, 11) is 1.71. The van der Waals surface area contributed by atoms with E-state index in [4.69, 9.17) is 9.72 Å². The van der Waals surface area contributed by atoms with Crippen molar-refractivity contribution in [1.29, 1.82) is 0 Å². The van der Waals surface area contributed by atoms with Gasteiger partial charge in [0.1, 0.15) is 11.6 Å². The van der Waals surface area contributed by atoms with E-state index in [1.165, 1.54) is 16.7 Å². The van der Waals surface area contributed by atoms with Crippen LogP contribution in [0.1, 0.15) is 53.5 Å². The monoisotopic (exact) mass is 341 g/mol. The van der Waals surface area contributed by atoms with Crippen LogP contribution < -0.4 is 10.3 Å². The van der Waals surface area contributed by atoms with Crippen LogP contribution in [-0.4, -0.2) is 28.5 Å². The summed E-state index contributed by atoms with van der Waals surface area (Å²) < 4.78 is 5.40. The number of nitrogens with one attached hydrogen (secondary N) is 1. The summed E-state index contributed by atoms with van der Waals surface area (Å²) >= 11 is 0. The molecule has 5 nitrogen and oxygen atoms in total. The van der Waals surface area contributed by atoms with Gasteiger partial charge in [0.05, 0.1) is 12.8 Å². The number of methoxy groups -OCH3 is 1. The van der Waals surface area contributed by atoms with Crippen LogP contribution in [0, 0.1) is 13.8 Å². The lowest BCUT2D eigenvalue weighted by atomic mass is 10.00. The van der Waals surface area contributed by atoms with Gasteiger partial charge >= 0.3 is 0 Å². The lowest BCUT2D eigenvalue weighted by molar-refractivity contribution is 0.239. The van der Waals surface area contributed by atoms with E-state index in [2.05, 4.69) is 43.6 Å². The number of aromatic amines is 1. The number of benzene rings is 1. The molecule has 25 heavy (non-hydrogen) atoms. The second kappa shape index (κ2) is 7.00. The molecular weight excluding hydrogens is 314 g/mol. The van der Waals surface area contributed by atoms with Gasteiger partial charge in [0.2, 0.25) is 0 Å². The van der Waals surface area contributed by atoms with Crippen LogP contribution in [-0.2, 0) is 19.5 Å². The molecule has 0 bridgehead atoms. The Morgan fingerprint density at radius 3 is 2.72 bits per heavy atom. The van der Waals surface area contributed by atoms with Crippen LogP contribution in [0.15, 0.2) is 16.9 Å². The Hall–Kier alpha value is -2.14. The molecule has 0 fully saturated rings. The van der Waals surface area contributed by atoms with E-state index in [1.54, 1.807) is 7.11 Å². The highest BCUT2D eigenvalue weighted by atomic mass is 16.5. The maximum atomic E-state index is 12.3. The van der Waals surface area contributed by atoms with E-state index < -0.39 is 0 Å². The van der Waals surface area contributed by atoms with Crippen LogP contribution in [0.25, 0.3) is 0 Å². The molecule has 5 heteroatoms. The Balaban J connectivity index is 1.84. The zero-order valence-electron chi connectivity index (χ0n) is 15.8. The van der Waals surface area contributed by atoms with Crippen molar-refractivity contribution < 1.29 is 4.74 Å². The number of aromatic nitrogens is 2. The van der Waals surface area contributed by atoms with Gasteiger partial charge in [-0.2, -0.15) is 0 Å². The predicted molar refractivity (Wildman–Crippen MR) is 99.2 cm³/mol. The molecule has 0 radical (unpaired) electrons. The van der Waals surface area contributed by atoms with Crippen LogP contribution in [0.3, 0.4) is 0 Å². The summed E-state index contributed by atoms with van der Waals surface area (Å²) in [5, 5.41) is 0. The standard InChI is InChI=1S/C20H27N3O2/c1-12(2)19-21-17-11-23(9-8-16(17)20(24)22-19)10-15-6-7-18(25-5)14(4)13(15)3/h6-7,12H,8-11H2,1-5H3,(H,21,22,24). The summed E-state index contributed by atoms with van der Waals surface area (Å²) in [6, 6.07) is 4.18. The molecule has 0 atom stereocenters. The Morgan fingerprint density at radius 2 is 2.04 bits per heavy atom. The number of fused-ring (bicyclic) bond motifs is 1. The minimum Gasteiger partial charge on any atom is -0.496 e. The van der Waals surface area contributed by atoms with Gasteiger partial charge in [-0.25, -0.2) is 4.98 Å². The molecule has 0 unspecified atom stereocenters. The van der Waals surface area contributed by atoms with Gasteiger partial charge < -0.3 is 9.72 Å². The first-order chi connectivity index (χ1) is 11.9. The van der Waals surface area contributed by atoms with Crippen molar-refractivity contribution in [1.82, 2.24) is 14.9 Å². The third-order valence-electron chi connectivity index (χ3n) is 5.18. The fourth-order valence-electron chi connectivity index (χ4n) is 3.41. The molecule has 0 amide bonds. The molecule has 0 saturated carbocycles. The molecule has 3 rings (SSSR count). The maximum absolute atomic E-state index is 12.3. The van der Waals surface area contributed by atoms with Crippen molar-refractivity contribution in [2.24, 2.45) is 0 Å². The van der Waals surface area contributed by atoms with Crippen LogP contribution in [0.5, 0.6) is 5.75 Å². The third kappa shape index (κ3) is 3.47. The fourth-order valence-corrected chi connectivity index (χ4v) is 3.41. The zero-order chi connectivity index (χ0) is 18.1. The summed E-state index contributed by atoms with van der Waals surface area (Å²) in [5.41, 5.74) is 5.58. The molecule has 1 N–H and O–H groups in total. The van der Waals surface area contributed by atoms with Crippen molar-refractivity contribution in [3.8, 4) is 5.75 Å². The van der Waals surface area contributed by atoms with Gasteiger partial charge in [-0.05, 0) is 43.0 Å². The molecule has 0 aliphatic carbocycles. The predicted octanol–water partition coefficient (Wildman–Crippen LogP) is 3.08. The lowest BCUT2D eigenvalue weighted by Crippen LogP contribution is -2.35. The van der Waals surface area contributed by atoms with E-state index in [0.717, 1.165) is 48.9 Å². The summed E-state index contributed by atoms with van der Waals surface area (Å²) in [4.78, 5) is 22.3. The smallest absolute Gasteiger partial charge is 0.254 e. The van der Waals surface area contributed by atoms with Gasteiger partial charge in [-0.3, -0.25) is 9.69 Å². The van der Waals surface area contributed by atoms with Crippen molar-refractivity contribution in [2.75, 3.05) is 13.7 Å². The zero-order valence-corrected chi connectivity index (χ0v) is 15.8. The summed E-state index contributed by atoms with van der Waals surface area (Å²) in [5.74, 6) is 1.93. The van der Waals surface area contributed by atoms with Crippen LogP contribution in [0.2, 0.25) is 0 Å². The third-order valence-corrected chi connectivity index (χ3v) is 5.18. The highest BCUT2D eigenvalue weighted by Gasteiger charge is 2.22. The molecule has 2 aromatic rings. The number of H-pyrrole nitrogens is 1. The van der Waals surface area contributed by atoms with E-state index in [0.29, 0.717) is 0 Å². The average molecular weight is 341 g/mol. The Bertz CT molecular complexity index is 840. The molecule has 134 valence electrons. The number of nitrogens with zero attached hydrogens (tertiary/aromatic N) is 2. The highest BCUT2D eigenvalue weighted by Crippen LogP contribution is 2.26. The quantitative estimate of drug-likeness (QED) is 0.928. The van der Waals surface area contributed by atoms with Gasteiger partial charge in [0.15, 0.2) is 0 Å². The number of hydrogen-bond donors (Lipinski definition) is 1. The van der Waals surface area contributed by atoms with Crippen LogP contribution >= 0.6 is 0 Å². The van der Waals surface area contributed by atoms with Crippen LogP contribution in [0.4, 0.5) is 0 Å². The topological polar surface area (TPSA) is 58.2 Å². The first kappa shape index (κ1) is 17.7. The number of rotatable bonds is 4. The minimum absolute atomic E-state index is 0.0322. The Morgan fingerprint density at radius 1 is 1.28 bits per heavy atom. The largest absolute Gasteiger partial charge is 0.496 e. The van der Waals surface area contributed by atoms with Crippen molar-refractivity contribution in [2.45, 2.75) is 53.1 Å². The molecular formula is C20H27N3O2. The lowest BCUT2D eigenvalue weighted by Gasteiger charge is -2.29. The fraction of sp³-hybridized carbons (Fsp3) is 0.500. The highest BCUT2D eigenvalue weighted by molar-refractivity contribution is 5.43. The number of hydrogen-bond acceptors (Lipinski definition) is 4. The summed E-state index contributed by atoms with van der Waals surface area (Å²) in [6.45, 7) is 10.8. The first-order valence-corrected chi connectivity index (χ1v) is 8.88. The average Bonchev–Trinajstić information content (AvgIpc) is 2.59. The minimum atomic E-state index is 0.0322. The Labute approximate surface area is 149 Å². The molecule has 0 saturated heterocycles. The van der Waals surface area contributed by atoms with Gasteiger partial charge in [-0.15, -0.1) is 0 Å². The molecule has 0 spiro atoms.